The van der Waals surface area contributed by atoms with Gasteiger partial charge in [0.05, 0.1) is 22.5 Å². The number of aryl methyl sites for hydroxylation is 1. The van der Waals surface area contributed by atoms with Crippen molar-refractivity contribution in [1.29, 1.82) is 0 Å². The zero-order valence-corrected chi connectivity index (χ0v) is 21.4. The van der Waals surface area contributed by atoms with Crippen molar-refractivity contribution in [3.63, 3.8) is 0 Å². The van der Waals surface area contributed by atoms with E-state index >= 15 is 0 Å². The Morgan fingerprint density at radius 1 is 0.974 bits per heavy atom. The van der Waals surface area contributed by atoms with E-state index in [-0.39, 0.29) is 11.6 Å². The summed E-state index contributed by atoms with van der Waals surface area (Å²) in [7, 11) is 0. The number of benzene rings is 2. The molecule has 0 aliphatic heterocycles. The van der Waals surface area contributed by atoms with Crippen LogP contribution in [0.3, 0.4) is 0 Å². The molecule has 0 aliphatic carbocycles. The highest BCUT2D eigenvalue weighted by molar-refractivity contribution is 6.31. The normalized spacial score (nSPS) is 10.9. The number of hydrogen-bond donors (Lipinski definition) is 2. The van der Waals surface area contributed by atoms with E-state index in [1.807, 2.05) is 49.4 Å². The first-order valence-corrected chi connectivity index (χ1v) is 12.6. The Kier molecular flexibility index (Phi) is 7.42. The van der Waals surface area contributed by atoms with E-state index in [2.05, 4.69) is 20.7 Å². The summed E-state index contributed by atoms with van der Waals surface area (Å²) >= 11 is 6.26. The molecule has 0 fully saturated rings. The van der Waals surface area contributed by atoms with Gasteiger partial charge in [-0.1, -0.05) is 41.9 Å². The van der Waals surface area contributed by atoms with E-state index < -0.39 is 5.91 Å². The van der Waals surface area contributed by atoms with Gasteiger partial charge < -0.3 is 10.6 Å². The average Bonchev–Trinajstić information content (AvgIpc) is 3.36. The molecule has 2 amide bonds. The third-order valence-electron chi connectivity index (χ3n) is 6.08. The highest BCUT2D eigenvalue weighted by Gasteiger charge is 2.21. The van der Waals surface area contributed by atoms with E-state index in [0.29, 0.717) is 52.4 Å². The van der Waals surface area contributed by atoms with Crippen LogP contribution in [0.1, 0.15) is 33.3 Å². The topological polar surface area (TPSA) is 102 Å². The van der Waals surface area contributed by atoms with Gasteiger partial charge in [-0.2, -0.15) is 5.10 Å². The smallest absolute Gasteiger partial charge is 0.273 e. The summed E-state index contributed by atoms with van der Waals surface area (Å²) in [6.07, 6.45) is 5.68. The molecular weight excluding hydrogens is 500 g/mol. The summed E-state index contributed by atoms with van der Waals surface area (Å²) in [5, 5.41) is 11.3. The maximum absolute atomic E-state index is 13.6. The van der Waals surface area contributed by atoms with Crippen LogP contribution in [0.2, 0.25) is 5.02 Å². The highest BCUT2D eigenvalue weighted by Crippen LogP contribution is 2.28. The number of pyridine rings is 2. The van der Waals surface area contributed by atoms with Crippen molar-refractivity contribution >= 4 is 40.0 Å². The Bertz CT molecular complexity index is 1600. The molecule has 2 N–H and O–H groups in total. The second-order valence-electron chi connectivity index (χ2n) is 8.65. The van der Waals surface area contributed by atoms with E-state index in [0.717, 1.165) is 11.1 Å². The fourth-order valence-corrected chi connectivity index (χ4v) is 4.31. The zero-order valence-electron chi connectivity index (χ0n) is 20.7. The Hall–Kier alpha value is -4.56. The predicted molar refractivity (Wildman–Crippen MR) is 148 cm³/mol. The van der Waals surface area contributed by atoms with Gasteiger partial charge >= 0.3 is 0 Å². The lowest BCUT2D eigenvalue weighted by molar-refractivity contribution is 0.0949. The van der Waals surface area contributed by atoms with Crippen LogP contribution in [0.15, 0.2) is 85.3 Å². The molecule has 0 unspecified atom stereocenters. The van der Waals surface area contributed by atoms with Crippen molar-refractivity contribution in [2.24, 2.45) is 0 Å². The molecule has 8 nitrogen and oxygen atoms in total. The lowest BCUT2D eigenvalue weighted by Crippen LogP contribution is -2.27. The number of anilines is 1. The summed E-state index contributed by atoms with van der Waals surface area (Å²) in [5.74, 6) is -0.757. The van der Waals surface area contributed by atoms with Crippen LogP contribution in [0, 0.1) is 0 Å². The predicted octanol–water partition coefficient (Wildman–Crippen LogP) is 5.39. The number of halogens is 1. The summed E-state index contributed by atoms with van der Waals surface area (Å²) in [6, 6.07) is 20.5. The fraction of sp³-hybridized carbons (Fsp3) is 0.138. The molecule has 0 aliphatic rings. The molecule has 5 aromatic rings. The monoisotopic (exact) mass is 524 g/mol. The molecular formula is C29H25ClN6O2. The fourth-order valence-electron chi connectivity index (χ4n) is 4.14. The van der Waals surface area contributed by atoms with Crippen molar-refractivity contribution in [3.8, 4) is 11.3 Å². The number of hydrogen-bond acceptors (Lipinski definition) is 5. The Balaban J connectivity index is 1.43. The van der Waals surface area contributed by atoms with Crippen molar-refractivity contribution in [2.45, 2.75) is 19.9 Å². The van der Waals surface area contributed by atoms with E-state index in [9.17, 15) is 9.59 Å². The lowest BCUT2D eigenvalue weighted by atomic mass is 10.0. The molecule has 0 saturated heterocycles. The molecule has 3 aromatic heterocycles. The molecule has 0 atom stereocenters. The van der Waals surface area contributed by atoms with Gasteiger partial charge in [0.25, 0.3) is 11.8 Å². The van der Waals surface area contributed by atoms with E-state index in [1.54, 1.807) is 47.5 Å². The van der Waals surface area contributed by atoms with Gasteiger partial charge in [0, 0.05) is 47.7 Å². The number of rotatable bonds is 8. The maximum atomic E-state index is 13.6. The van der Waals surface area contributed by atoms with Crippen molar-refractivity contribution in [1.82, 2.24) is 25.1 Å². The first kappa shape index (κ1) is 25.1. The second-order valence-corrected chi connectivity index (χ2v) is 9.08. The van der Waals surface area contributed by atoms with Crippen molar-refractivity contribution < 1.29 is 9.59 Å². The van der Waals surface area contributed by atoms with Crippen LogP contribution >= 0.6 is 11.6 Å². The first-order valence-electron chi connectivity index (χ1n) is 12.2. The summed E-state index contributed by atoms with van der Waals surface area (Å²) in [4.78, 5) is 35.4. The molecule has 0 spiro atoms. The van der Waals surface area contributed by atoms with Crippen LogP contribution in [0.4, 0.5) is 5.69 Å². The molecule has 0 radical (unpaired) electrons. The highest BCUT2D eigenvalue weighted by atomic mass is 35.5. The quantitative estimate of drug-likeness (QED) is 0.283. The molecule has 38 heavy (non-hydrogen) atoms. The Labute approximate surface area is 224 Å². The molecule has 0 saturated carbocycles. The van der Waals surface area contributed by atoms with Crippen LogP contribution in [0.25, 0.3) is 22.2 Å². The van der Waals surface area contributed by atoms with E-state index in [1.165, 1.54) is 0 Å². The van der Waals surface area contributed by atoms with Crippen LogP contribution in [0.5, 0.6) is 0 Å². The maximum Gasteiger partial charge on any atom is 0.273 e. The van der Waals surface area contributed by atoms with Gasteiger partial charge in [0.1, 0.15) is 0 Å². The largest absolute Gasteiger partial charge is 0.350 e. The number of carbonyl (C=O) groups is 2. The summed E-state index contributed by atoms with van der Waals surface area (Å²) in [5.41, 5.74) is 4.04. The minimum atomic E-state index is -0.399. The minimum Gasteiger partial charge on any atom is -0.350 e. The number of nitrogens with zero attached hydrogens (tertiary/aromatic N) is 4. The number of nitrogens with one attached hydrogen (secondary N) is 2. The van der Waals surface area contributed by atoms with Gasteiger partial charge in [-0.25, -0.2) is 4.98 Å². The standard InChI is InChI=1S/C29H25ClN6O2/c1-2-36-18-26(27(35-36)29(38)32-15-10-19-6-4-3-5-7-19)34-28(37)23-17-25(20-11-13-31-14-12-20)33-24-9-8-21(30)16-22(23)24/h3-9,11-14,16-18H,2,10,15H2,1H3,(H,32,38)(H,34,37). The third kappa shape index (κ3) is 5.55. The first-order chi connectivity index (χ1) is 18.5. The molecule has 0 bridgehead atoms. The van der Waals surface area contributed by atoms with Gasteiger partial charge in [0.15, 0.2) is 5.69 Å². The van der Waals surface area contributed by atoms with Crippen molar-refractivity contribution in [2.75, 3.05) is 11.9 Å². The second kappa shape index (κ2) is 11.2. The Morgan fingerprint density at radius 2 is 1.76 bits per heavy atom. The van der Waals surface area contributed by atoms with Gasteiger partial charge in [-0.15, -0.1) is 0 Å². The molecule has 5 rings (SSSR count). The molecule has 9 heteroatoms. The average molecular weight is 525 g/mol. The lowest BCUT2D eigenvalue weighted by Gasteiger charge is -2.11. The van der Waals surface area contributed by atoms with Gasteiger partial charge in [0.2, 0.25) is 0 Å². The molecule has 190 valence electrons. The van der Waals surface area contributed by atoms with Crippen LogP contribution in [-0.2, 0) is 13.0 Å². The SMILES string of the molecule is CCn1cc(NC(=O)c2cc(-c3ccncc3)nc3ccc(Cl)cc23)c(C(=O)NCCc2ccccc2)n1. The summed E-state index contributed by atoms with van der Waals surface area (Å²) < 4.78 is 1.62. The van der Waals surface area contributed by atoms with Crippen LogP contribution < -0.4 is 10.6 Å². The number of aromatic nitrogens is 4. The van der Waals surface area contributed by atoms with Gasteiger partial charge in [-0.05, 0) is 55.3 Å². The number of amides is 2. The third-order valence-corrected chi connectivity index (χ3v) is 6.32. The van der Waals surface area contributed by atoms with E-state index in [4.69, 9.17) is 16.6 Å². The molecule has 3 heterocycles. The number of fused-ring (bicyclic) bond motifs is 1. The minimum absolute atomic E-state index is 0.152. The zero-order chi connectivity index (χ0) is 26.5. The van der Waals surface area contributed by atoms with Crippen molar-refractivity contribution in [3.05, 3.63) is 107 Å². The van der Waals surface area contributed by atoms with Crippen LogP contribution in [-0.4, -0.2) is 38.1 Å². The summed E-state index contributed by atoms with van der Waals surface area (Å²) in [6.45, 7) is 2.90. The van der Waals surface area contributed by atoms with Gasteiger partial charge in [-0.3, -0.25) is 19.3 Å². The molecule has 2 aromatic carbocycles. The Morgan fingerprint density at radius 3 is 2.53 bits per heavy atom. The number of carbonyl (C=O) groups excluding carboxylic acids is 2.